The number of imide groups is 1. The van der Waals surface area contributed by atoms with Crippen molar-refractivity contribution in [1.82, 2.24) is 5.32 Å². The van der Waals surface area contributed by atoms with Crippen molar-refractivity contribution in [2.24, 2.45) is 11.5 Å². The first-order valence-corrected chi connectivity index (χ1v) is 4.75. The minimum absolute atomic E-state index is 1.34. The number of hydrogen-bond donors (Lipinski definition) is 7. The quantitative estimate of drug-likeness (QED) is 0.248. The van der Waals surface area contributed by atoms with E-state index in [1.54, 1.807) is 0 Å². The Labute approximate surface area is 105 Å². The molecule has 0 aromatic carbocycles. The number of primary amides is 2. The SMILES string of the molecule is NC(=O)C(O)C(O)C(=O)NC(=O)C(O)C(O)C(N)=O. The van der Waals surface area contributed by atoms with Gasteiger partial charge in [-0.3, -0.25) is 24.5 Å². The summed E-state index contributed by atoms with van der Waals surface area (Å²) in [6.07, 6.45) is -9.27. The van der Waals surface area contributed by atoms with Crippen LogP contribution in [0.15, 0.2) is 0 Å². The molecule has 11 heteroatoms. The maximum atomic E-state index is 11.1. The van der Waals surface area contributed by atoms with Crippen molar-refractivity contribution >= 4 is 23.6 Å². The van der Waals surface area contributed by atoms with Crippen LogP contribution in [-0.2, 0) is 19.2 Å². The van der Waals surface area contributed by atoms with Gasteiger partial charge in [0.15, 0.2) is 24.4 Å². The summed E-state index contributed by atoms with van der Waals surface area (Å²) in [6, 6.07) is 0. The first-order chi connectivity index (χ1) is 8.59. The Kier molecular flexibility index (Phi) is 6.01. The van der Waals surface area contributed by atoms with Gasteiger partial charge in [-0.2, -0.15) is 0 Å². The van der Waals surface area contributed by atoms with Crippen LogP contribution in [-0.4, -0.2) is 68.5 Å². The average Bonchev–Trinajstić information content (AvgIpc) is 2.34. The first kappa shape index (κ1) is 16.9. The van der Waals surface area contributed by atoms with E-state index in [1.165, 1.54) is 5.32 Å². The molecular formula is C8H13N3O8. The maximum Gasteiger partial charge on any atom is 0.258 e. The van der Waals surface area contributed by atoms with Crippen molar-refractivity contribution in [3.63, 3.8) is 0 Å². The van der Waals surface area contributed by atoms with Gasteiger partial charge in [-0.25, -0.2) is 0 Å². The van der Waals surface area contributed by atoms with Crippen molar-refractivity contribution in [2.45, 2.75) is 24.4 Å². The first-order valence-electron chi connectivity index (χ1n) is 4.75. The summed E-state index contributed by atoms with van der Waals surface area (Å²) in [7, 11) is 0. The van der Waals surface area contributed by atoms with Gasteiger partial charge in [0, 0.05) is 0 Å². The topological polar surface area (TPSA) is 213 Å². The van der Waals surface area contributed by atoms with Crippen LogP contribution in [0.3, 0.4) is 0 Å². The predicted molar refractivity (Wildman–Crippen MR) is 55.6 cm³/mol. The van der Waals surface area contributed by atoms with E-state index < -0.39 is 48.0 Å². The molecule has 0 heterocycles. The fourth-order valence-corrected chi connectivity index (χ4v) is 0.867. The third kappa shape index (κ3) is 4.59. The zero-order valence-corrected chi connectivity index (χ0v) is 9.39. The van der Waals surface area contributed by atoms with Crippen molar-refractivity contribution in [1.29, 1.82) is 0 Å². The molecule has 0 fully saturated rings. The lowest BCUT2D eigenvalue weighted by molar-refractivity contribution is -0.152. The standard InChI is InChI=1S/C8H13N3O8/c9-5(16)1(12)3(14)7(18)11-8(19)4(15)2(13)6(10)17/h1-4,12-15H,(H2,9,16)(H2,10,17)(H,11,18,19). The Hall–Kier alpha value is -2.08. The molecule has 0 aliphatic carbocycles. The van der Waals surface area contributed by atoms with Crippen LogP contribution in [0.4, 0.5) is 0 Å². The molecule has 9 N–H and O–H groups in total. The summed E-state index contributed by atoms with van der Waals surface area (Å²) in [5.74, 6) is -5.97. The minimum atomic E-state index is -2.36. The monoisotopic (exact) mass is 279 g/mol. The highest BCUT2D eigenvalue weighted by Gasteiger charge is 2.34. The molecule has 0 aromatic heterocycles. The third-order valence-electron chi connectivity index (χ3n) is 1.96. The van der Waals surface area contributed by atoms with Crippen molar-refractivity contribution < 1.29 is 39.6 Å². The van der Waals surface area contributed by atoms with Gasteiger partial charge in [0.1, 0.15) is 0 Å². The number of rotatable bonds is 6. The summed E-state index contributed by atoms with van der Waals surface area (Å²) in [5, 5.41) is 37.4. The fraction of sp³-hybridized carbons (Fsp3) is 0.500. The second-order valence-corrected chi connectivity index (χ2v) is 3.44. The molecule has 19 heavy (non-hydrogen) atoms. The van der Waals surface area contributed by atoms with Gasteiger partial charge in [-0.05, 0) is 0 Å². The number of carbonyl (C=O) groups is 4. The molecule has 0 bridgehead atoms. The molecule has 4 amide bonds. The highest BCUT2D eigenvalue weighted by atomic mass is 16.4. The summed E-state index contributed by atoms with van der Waals surface area (Å²) >= 11 is 0. The lowest BCUT2D eigenvalue weighted by Gasteiger charge is -2.17. The molecule has 0 spiro atoms. The molecule has 0 aromatic rings. The van der Waals surface area contributed by atoms with Gasteiger partial charge < -0.3 is 31.9 Å². The lowest BCUT2D eigenvalue weighted by Crippen LogP contribution is -2.54. The number of hydrogen-bond acceptors (Lipinski definition) is 8. The average molecular weight is 279 g/mol. The van der Waals surface area contributed by atoms with Crippen molar-refractivity contribution in [3.8, 4) is 0 Å². The Balaban J connectivity index is 4.61. The minimum Gasteiger partial charge on any atom is -0.380 e. The summed E-state index contributed by atoms with van der Waals surface area (Å²) < 4.78 is 0. The molecule has 4 unspecified atom stereocenters. The van der Waals surface area contributed by atoms with Crippen LogP contribution < -0.4 is 16.8 Å². The number of nitrogens with two attached hydrogens (primary N) is 2. The summed E-state index contributed by atoms with van der Waals surface area (Å²) in [4.78, 5) is 43.2. The van der Waals surface area contributed by atoms with E-state index >= 15 is 0 Å². The van der Waals surface area contributed by atoms with E-state index in [9.17, 15) is 19.2 Å². The van der Waals surface area contributed by atoms with Crippen LogP contribution >= 0.6 is 0 Å². The molecule has 0 saturated heterocycles. The third-order valence-corrected chi connectivity index (χ3v) is 1.96. The highest BCUT2D eigenvalue weighted by Crippen LogP contribution is 1.96. The normalized spacial score (nSPS) is 16.8. The van der Waals surface area contributed by atoms with E-state index in [2.05, 4.69) is 11.5 Å². The van der Waals surface area contributed by atoms with Crippen LogP contribution in [0.25, 0.3) is 0 Å². The highest BCUT2D eigenvalue weighted by molar-refractivity contribution is 6.02. The van der Waals surface area contributed by atoms with Crippen LogP contribution in [0.5, 0.6) is 0 Å². The Morgan fingerprint density at radius 1 is 0.684 bits per heavy atom. The molecule has 0 saturated carbocycles. The molecule has 0 radical (unpaired) electrons. The predicted octanol–water partition coefficient (Wildman–Crippen LogP) is -5.96. The van der Waals surface area contributed by atoms with Gasteiger partial charge in [-0.1, -0.05) is 0 Å². The van der Waals surface area contributed by atoms with Gasteiger partial charge in [0.25, 0.3) is 11.8 Å². The van der Waals surface area contributed by atoms with Crippen molar-refractivity contribution in [3.05, 3.63) is 0 Å². The van der Waals surface area contributed by atoms with Gasteiger partial charge in [0.2, 0.25) is 11.8 Å². The zero-order chi connectivity index (χ0) is 15.3. The second-order valence-electron chi connectivity index (χ2n) is 3.44. The molecule has 0 aliphatic heterocycles. The van der Waals surface area contributed by atoms with Gasteiger partial charge in [-0.15, -0.1) is 0 Å². The van der Waals surface area contributed by atoms with E-state index in [0.717, 1.165) is 0 Å². The van der Waals surface area contributed by atoms with E-state index in [-0.39, 0.29) is 0 Å². The molecular weight excluding hydrogens is 266 g/mol. The smallest absolute Gasteiger partial charge is 0.258 e. The number of carbonyl (C=O) groups excluding carboxylic acids is 4. The van der Waals surface area contributed by atoms with Crippen molar-refractivity contribution in [2.75, 3.05) is 0 Å². The van der Waals surface area contributed by atoms with Gasteiger partial charge >= 0.3 is 0 Å². The van der Waals surface area contributed by atoms with E-state index in [4.69, 9.17) is 20.4 Å². The summed E-state index contributed by atoms with van der Waals surface area (Å²) in [5.41, 5.74) is 9.18. The molecule has 4 atom stereocenters. The zero-order valence-electron chi connectivity index (χ0n) is 9.39. The number of amides is 4. The van der Waals surface area contributed by atoms with Crippen LogP contribution in [0, 0.1) is 0 Å². The van der Waals surface area contributed by atoms with Crippen LogP contribution in [0.2, 0.25) is 0 Å². The molecule has 108 valence electrons. The second kappa shape index (κ2) is 6.75. The Bertz CT molecular complexity index is 361. The number of nitrogens with one attached hydrogen (secondary N) is 1. The molecule has 0 aliphatic rings. The summed E-state index contributed by atoms with van der Waals surface area (Å²) in [6.45, 7) is 0. The fourth-order valence-electron chi connectivity index (χ4n) is 0.867. The number of aliphatic hydroxyl groups is 4. The Morgan fingerprint density at radius 3 is 1.16 bits per heavy atom. The molecule has 0 rings (SSSR count). The van der Waals surface area contributed by atoms with Gasteiger partial charge in [0.05, 0.1) is 0 Å². The lowest BCUT2D eigenvalue weighted by atomic mass is 10.1. The Morgan fingerprint density at radius 2 is 0.947 bits per heavy atom. The van der Waals surface area contributed by atoms with Crippen LogP contribution in [0.1, 0.15) is 0 Å². The largest absolute Gasteiger partial charge is 0.380 e. The molecule has 11 nitrogen and oxygen atoms in total. The van der Waals surface area contributed by atoms with E-state index in [1.807, 2.05) is 0 Å². The number of aliphatic hydroxyl groups excluding tert-OH is 4. The van der Waals surface area contributed by atoms with E-state index in [0.29, 0.717) is 0 Å². The maximum absolute atomic E-state index is 11.1.